The number of nitrogens with zero attached hydrogens (tertiary/aromatic N) is 3. The molecule has 128 valence electrons. The lowest BCUT2D eigenvalue weighted by Gasteiger charge is -2.47. The number of carbonyl (C=O) groups excluding carboxylic acids is 1. The van der Waals surface area contributed by atoms with Gasteiger partial charge in [0, 0.05) is 43.8 Å². The average Bonchev–Trinajstić information content (AvgIpc) is 3.29. The molecule has 4 heterocycles. The van der Waals surface area contributed by atoms with Gasteiger partial charge in [0.05, 0.1) is 12.2 Å². The summed E-state index contributed by atoms with van der Waals surface area (Å²) >= 11 is 1.81. The average molecular weight is 346 g/mol. The maximum atomic E-state index is 12.4. The van der Waals surface area contributed by atoms with Crippen LogP contribution in [0.5, 0.6) is 0 Å². The van der Waals surface area contributed by atoms with Crippen LogP contribution >= 0.6 is 11.3 Å². The number of H-pyrrole nitrogens is 1. The molecule has 0 bridgehead atoms. The van der Waals surface area contributed by atoms with E-state index < -0.39 is 0 Å². The second kappa shape index (κ2) is 6.66. The van der Waals surface area contributed by atoms with Crippen LogP contribution in [0.25, 0.3) is 0 Å². The second-order valence-corrected chi connectivity index (χ2v) is 7.62. The Morgan fingerprint density at radius 2 is 2.21 bits per heavy atom. The number of aromatic amines is 1. The molecule has 2 saturated heterocycles. The number of ether oxygens (including phenoxy) is 1. The van der Waals surface area contributed by atoms with Gasteiger partial charge in [-0.25, -0.2) is 0 Å². The molecule has 0 saturated carbocycles. The van der Waals surface area contributed by atoms with E-state index in [2.05, 4.69) is 32.6 Å². The first-order valence-corrected chi connectivity index (χ1v) is 9.29. The number of morpholine rings is 1. The maximum absolute atomic E-state index is 12.4. The highest BCUT2D eigenvalue weighted by Gasteiger charge is 2.40. The summed E-state index contributed by atoms with van der Waals surface area (Å²) in [6, 6.07) is 6.03. The Kier molecular flexibility index (Phi) is 4.39. The van der Waals surface area contributed by atoms with Gasteiger partial charge < -0.3 is 9.64 Å². The van der Waals surface area contributed by atoms with Gasteiger partial charge in [-0.05, 0) is 30.4 Å². The van der Waals surface area contributed by atoms with Gasteiger partial charge in [-0.2, -0.15) is 5.10 Å². The Labute approximate surface area is 145 Å². The fraction of sp³-hybridized carbons (Fsp3) is 0.529. The van der Waals surface area contributed by atoms with Gasteiger partial charge in [0.15, 0.2) is 0 Å². The molecule has 2 aliphatic rings. The molecule has 0 radical (unpaired) electrons. The van der Waals surface area contributed by atoms with Crippen molar-refractivity contribution in [2.24, 2.45) is 0 Å². The van der Waals surface area contributed by atoms with Crippen molar-refractivity contribution in [2.75, 3.05) is 32.8 Å². The quantitative estimate of drug-likeness (QED) is 0.923. The number of likely N-dealkylation sites (tertiary alicyclic amines) is 1. The highest BCUT2D eigenvalue weighted by molar-refractivity contribution is 7.09. The number of hydrogen-bond donors (Lipinski definition) is 1. The summed E-state index contributed by atoms with van der Waals surface area (Å²) in [5.41, 5.74) is 0.468. The van der Waals surface area contributed by atoms with Crippen LogP contribution < -0.4 is 0 Å². The standard InChI is InChI=1S/C17H22N4O2S/c22-16(15-3-6-18-19-15)21-7-4-17(5-8-21)13-20(9-10-23-17)12-14-2-1-11-24-14/h1-3,6,11H,4-5,7-10,12-13H2,(H,18,19). The number of nitrogens with one attached hydrogen (secondary N) is 1. The first kappa shape index (κ1) is 15.8. The second-order valence-electron chi connectivity index (χ2n) is 6.58. The molecule has 6 nitrogen and oxygen atoms in total. The fourth-order valence-corrected chi connectivity index (χ4v) is 4.39. The van der Waals surface area contributed by atoms with Crippen molar-refractivity contribution in [3.05, 3.63) is 40.3 Å². The topological polar surface area (TPSA) is 61.5 Å². The Morgan fingerprint density at radius 3 is 2.92 bits per heavy atom. The van der Waals surface area contributed by atoms with Crippen molar-refractivity contribution < 1.29 is 9.53 Å². The van der Waals surface area contributed by atoms with Crippen molar-refractivity contribution in [1.82, 2.24) is 20.0 Å². The van der Waals surface area contributed by atoms with E-state index in [9.17, 15) is 4.79 Å². The summed E-state index contributed by atoms with van der Waals surface area (Å²) in [7, 11) is 0. The lowest BCUT2D eigenvalue weighted by atomic mass is 9.89. The van der Waals surface area contributed by atoms with Crippen LogP contribution in [0.2, 0.25) is 0 Å². The van der Waals surface area contributed by atoms with Gasteiger partial charge in [0.25, 0.3) is 5.91 Å². The molecule has 0 unspecified atom stereocenters. The maximum Gasteiger partial charge on any atom is 0.271 e. The number of piperidine rings is 1. The highest BCUT2D eigenvalue weighted by Crippen LogP contribution is 2.31. The van der Waals surface area contributed by atoms with Gasteiger partial charge >= 0.3 is 0 Å². The lowest BCUT2D eigenvalue weighted by Crippen LogP contribution is -2.57. The van der Waals surface area contributed by atoms with Gasteiger partial charge in [-0.15, -0.1) is 11.3 Å². The van der Waals surface area contributed by atoms with Crippen molar-refractivity contribution in [3.8, 4) is 0 Å². The van der Waals surface area contributed by atoms with E-state index in [1.807, 2.05) is 16.2 Å². The van der Waals surface area contributed by atoms with Gasteiger partial charge in [-0.3, -0.25) is 14.8 Å². The summed E-state index contributed by atoms with van der Waals surface area (Å²) in [4.78, 5) is 18.2. The molecule has 0 aromatic carbocycles. The molecule has 0 atom stereocenters. The molecule has 4 rings (SSSR count). The van der Waals surface area contributed by atoms with Crippen molar-refractivity contribution >= 4 is 17.2 Å². The first-order valence-electron chi connectivity index (χ1n) is 8.41. The third-order valence-electron chi connectivity index (χ3n) is 4.98. The molecule has 24 heavy (non-hydrogen) atoms. The molecular formula is C17H22N4O2S. The molecule has 2 aromatic heterocycles. The predicted octanol–water partition coefficient (Wildman–Crippen LogP) is 1.98. The third kappa shape index (κ3) is 3.24. The minimum Gasteiger partial charge on any atom is -0.372 e. The molecule has 1 spiro atoms. The van der Waals surface area contributed by atoms with Crippen molar-refractivity contribution in [1.29, 1.82) is 0 Å². The minimum atomic E-state index is -0.0969. The van der Waals surface area contributed by atoms with Crippen molar-refractivity contribution in [2.45, 2.75) is 25.0 Å². The fourth-order valence-electron chi connectivity index (χ4n) is 3.65. The van der Waals surface area contributed by atoms with Crippen LogP contribution in [0.1, 0.15) is 28.2 Å². The van der Waals surface area contributed by atoms with E-state index in [-0.39, 0.29) is 11.5 Å². The van der Waals surface area contributed by atoms with Gasteiger partial charge in [0.1, 0.15) is 5.69 Å². The van der Waals surface area contributed by atoms with Crippen LogP contribution in [0.4, 0.5) is 0 Å². The van der Waals surface area contributed by atoms with Crippen LogP contribution in [-0.2, 0) is 11.3 Å². The SMILES string of the molecule is O=C(c1ccn[nH]1)N1CCC2(CC1)CN(Cc1cccs1)CCO2. The number of thiophene rings is 1. The highest BCUT2D eigenvalue weighted by atomic mass is 32.1. The first-order chi connectivity index (χ1) is 11.7. The van der Waals surface area contributed by atoms with E-state index in [0.717, 1.165) is 52.2 Å². The zero-order valence-electron chi connectivity index (χ0n) is 13.6. The molecular weight excluding hydrogens is 324 g/mol. The normalized spacial score (nSPS) is 21.2. The summed E-state index contributed by atoms with van der Waals surface area (Å²) in [5.74, 6) is 0.0357. The summed E-state index contributed by atoms with van der Waals surface area (Å²) in [5, 5.41) is 8.75. The minimum absolute atomic E-state index is 0.0357. The molecule has 7 heteroatoms. The van der Waals surface area contributed by atoms with E-state index in [1.165, 1.54) is 4.88 Å². The number of hydrogen-bond acceptors (Lipinski definition) is 5. The summed E-state index contributed by atoms with van der Waals surface area (Å²) in [6.45, 7) is 5.20. The Hall–Kier alpha value is -1.70. The lowest BCUT2D eigenvalue weighted by molar-refractivity contribution is -0.134. The largest absolute Gasteiger partial charge is 0.372 e. The van der Waals surface area contributed by atoms with E-state index in [1.54, 1.807) is 12.3 Å². The molecule has 1 N–H and O–H groups in total. The molecule has 0 aliphatic carbocycles. The van der Waals surface area contributed by atoms with Gasteiger partial charge in [0.2, 0.25) is 0 Å². The Balaban J connectivity index is 1.36. The molecule has 2 aromatic rings. The van der Waals surface area contributed by atoms with Crippen LogP contribution in [0, 0.1) is 0 Å². The third-order valence-corrected chi connectivity index (χ3v) is 5.84. The van der Waals surface area contributed by atoms with Crippen LogP contribution in [-0.4, -0.2) is 64.3 Å². The Morgan fingerprint density at radius 1 is 1.33 bits per heavy atom. The molecule has 2 aliphatic heterocycles. The Bertz CT molecular complexity index is 663. The van der Waals surface area contributed by atoms with Gasteiger partial charge in [-0.1, -0.05) is 6.07 Å². The van der Waals surface area contributed by atoms with E-state index in [4.69, 9.17) is 4.74 Å². The molecule has 2 fully saturated rings. The zero-order valence-corrected chi connectivity index (χ0v) is 14.4. The van der Waals surface area contributed by atoms with E-state index >= 15 is 0 Å². The number of aromatic nitrogens is 2. The van der Waals surface area contributed by atoms with Crippen LogP contribution in [0.15, 0.2) is 29.8 Å². The predicted molar refractivity (Wildman–Crippen MR) is 92.0 cm³/mol. The molecule has 1 amide bonds. The zero-order chi connectivity index (χ0) is 16.4. The number of amides is 1. The van der Waals surface area contributed by atoms with Crippen LogP contribution in [0.3, 0.4) is 0 Å². The van der Waals surface area contributed by atoms with E-state index in [0.29, 0.717) is 5.69 Å². The number of rotatable bonds is 3. The monoisotopic (exact) mass is 346 g/mol. The smallest absolute Gasteiger partial charge is 0.271 e. The summed E-state index contributed by atoms with van der Waals surface area (Å²) < 4.78 is 6.18. The number of carbonyl (C=O) groups is 1. The van der Waals surface area contributed by atoms with Crippen molar-refractivity contribution in [3.63, 3.8) is 0 Å². The summed E-state index contributed by atoms with van der Waals surface area (Å²) in [6.07, 6.45) is 3.41.